The molecule has 0 aliphatic heterocycles. The number of hydrogen-bond acceptors (Lipinski definition) is 3. The number of halogens is 2. The Morgan fingerprint density at radius 1 is 1.06 bits per heavy atom. The van der Waals surface area contributed by atoms with Crippen LogP contribution in [0.15, 0.2) is 36.7 Å². The van der Waals surface area contributed by atoms with Crippen LogP contribution >= 0.6 is 34.5 Å². The number of benzene rings is 1. The third kappa shape index (κ3) is 2.02. The lowest BCUT2D eigenvalue weighted by molar-refractivity contribution is 1.23. The second kappa shape index (κ2) is 4.26. The second-order valence-corrected chi connectivity index (χ2v) is 5.35. The van der Waals surface area contributed by atoms with E-state index in [1.807, 2.05) is 30.3 Å². The molecule has 84 valence electrons. The average molecular weight is 281 g/mol. The average Bonchev–Trinajstić information content (AvgIpc) is 2.74. The first kappa shape index (κ1) is 11.0. The maximum Gasteiger partial charge on any atom is 0.150 e. The Labute approximate surface area is 112 Å². The molecule has 0 atom stereocenters. The van der Waals surface area contributed by atoms with Gasteiger partial charge in [-0.3, -0.25) is 0 Å². The molecule has 0 bridgehead atoms. The Bertz CT molecular complexity index is 694. The van der Waals surface area contributed by atoms with Gasteiger partial charge < -0.3 is 0 Å². The summed E-state index contributed by atoms with van der Waals surface area (Å²) in [4.78, 5) is 9.25. The van der Waals surface area contributed by atoms with Gasteiger partial charge in [-0.05, 0) is 23.8 Å². The molecule has 0 unspecified atom stereocenters. The van der Waals surface area contributed by atoms with E-state index >= 15 is 0 Å². The first-order chi connectivity index (χ1) is 8.24. The molecule has 0 aliphatic rings. The fourth-order valence-corrected chi connectivity index (χ4v) is 3.04. The van der Waals surface area contributed by atoms with E-state index in [0.29, 0.717) is 5.15 Å². The van der Waals surface area contributed by atoms with Gasteiger partial charge in [0.05, 0.1) is 10.2 Å². The lowest BCUT2D eigenvalue weighted by Gasteiger charge is -1.96. The summed E-state index contributed by atoms with van der Waals surface area (Å²) in [6.45, 7) is 0. The summed E-state index contributed by atoms with van der Waals surface area (Å²) < 4.78 is 0.907. The number of rotatable bonds is 1. The van der Waals surface area contributed by atoms with E-state index in [1.165, 1.54) is 6.33 Å². The molecule has 0 N–H and O–H groups in total. The molecule has 0 saturated heterocycles. The summed E-state index contributed by atoms with van der Waals surface area (Å²) in [7, 11) is 0. The predicted octanol–water partition coefficient (Wildman–Crippen LogP) is 4.67. The summed E-state index contributed by atoms with van der Waals surface area (Å²) >= 11 is 13.6. The van der Waals surface area contributed by atoms with Gasteiger partial charge in [0.15, 0.2) is 0 Å². The molecule has 3 rings (SSSR count). The Balaban J connectivity index is 2.22. The fourth-order valence-electron chi connectivity index (χ4n) is 1.61. The van der Waals surface area contributed by atoms with Gasteiger partial charge >= 0.3 is 0 Å². The van der Waals surface area contributed by atoms with E-state index in [0.717, 1.165) is 25.7 Å². The highest BCUT2D eigenvalue weighted by atomic mass is 35.5. The largest absolute Gasteiger partial charge is 0.235 e. The van der Waals surface area contributed by atoms with Crippen molar-refractivity contribution < 1.29 is 0 Å². The molecule has 2 nitrogen and oxygen atoms in total. The standard InChI is InChI=1S/C12H6Cl2N2S/c13-8-3-1-2-7(4-8)10-5-9-11(17-10)12(14)16-6-15-9/h1-6H. The number of hydrogen-bond donors (Lipinski definition) is 0. The molecule has 5 heteroatoms. The highest BCUT2D eigenvalue weighted by molar-refractivity contribution is 7.22. The smallest absolute Gasteiger partial charge is 0.150 e. The molecule has 0 saturated carbocycles. The van der Waals surface area contributed by atoms with Crippen LogP contribution in [0, 0.1) is 0 Å². The van der Waals surface area contributed by atoms with Gasteiger partial charge in [-0.25, -0.2) is 9.97 Å². The highest BCUT2D eigenvalue weighted by Gasteiger charge is 2.08. The molecule has 0 aliphatic carbocycles. The van der Waals surface area contributed by atoms with Crippen LogP contribution in [0.3, 0.4) is 0 Å². The van der Waals surface area contributed by atoms with Crippen molar-refractivity contribution in [2.45, 2.75) is 0 Å². The lowest BCUT2D eigenvalue weighted by Crippen LogP contribution is -1.76. The molecule has 0 spiro atoms. The van der Waals surface area contributed by atoms with Gasteiger partial charge in [-0.15, -0.1) is 11.3 Å². The van der Waals surface area contributed by atoms with E-state index in [4.69, 9.17) is 23.2 Å². The minimum Gasteiger partial charge on any atom is -0.235 e. The summed E-state index contributed by atoms with van der Waals surface area (Å²) in [6, 6.07) is 9.71. The molecular formula is C12H6Cl2N2S. The number of thiophene rings is 1. The zero-order chi connectivity index (χ0) is 11.8. The van der Waals surface area contributed by atoms with Gasteiger partial charge in [-0.2, -0.15) is 0 Å². The van der Waals surface area contributed by atoms with Gasteiger partial charge in [0, 0.05) is 9.90 Å². The van der Waals surface area contributed by atoms with E-state index in [-0.39, 0.29) is 0 Å². The van der Waals surface area contributed by atoms with E-state index < -0.39 is 0 Å². The van der Waals surface area contributed by atoms with Crippen molar-refractivity contribution in [1.82, 2.24) is 9.97 Å². The number of aromatic nitrogens is 2. The van der Waals surface area contributed by atoms with E-state index in [1.54, 1.807) is 11.3 Å². The van der Waals surface area contributed by atoms with Crippen LogP contribution < -0.4 is 0 Å². The van der Waals surface area contributed by atoms with Gasteiger partial charge in [0.1, 0.15) is 11.5 Å². The lowest BCUT2D eigenvalue weighted by atomic mass is 10.2. The summed E-state index contributed by atoms with van der Waals surface area (Å²) in [5.41, 5.74) is 1.93. The quantitative estimate of drug-likeness (QED) is 0.606. The Hall–Kier alpha value is -1.16. The van der Waals surface area contributed by atoms with Gasteiger partial charge in [0.2, 0.25) is 0 Å². The topological polar surface area (TPSA) is 25.8 Å². The summed E-state index contributed by atoms with van der Waals surface area (Å²) in [5, 5.41) is 1.21. The normalized spacial score (nSPS) is 10.9. The second-order valence-electron chi connectivity index (χ2n) is 3.50. The van der Waals surface area contributed by atoms with Crippen molar-refractivity contribution in [3.63, 3.8) is 0 Å². The minimum absolute atomic E-state index is 0.494. The SMILES string of the molecule is Clc1cccc(-c2cc3ncnc(Cl)c3s2)c1. The van der Waals surface area contributed by atoms with Crippen molar-refractivity contribution >= 4 is 44.8 Å². The maximum atomic E-state index is 6.02. The maximum absolute atomic E-state index is 6.02. The number of fused-ring (bicyclic) bond motifs is 1. The Morgan fingerprint density at radius 3 is 2.71 bits per heavy atom. The fraction of sp³-hybridized carbons (Fsp3) is 0. The molecular weight excluding hydrogens is 275 g/mol. The van der Waals surface area contributed by atoms with Crippen LogP contribution in [-0.4, -0.2) is 9.97 Å². The highest BCUT2D eigenvalue weighted by Crippen LogP contribution is 2.35. The summed E-state index contributed by atoms with van der Waals surface area (Å²) in [5.74, 6) is 0. The van der Waals surface area contributed by atoms with Crippen LogP contribution in [0.2, 0.25) is 10.2 Å². The molecule has 2 heterocycles. The third-order valence-electron chi connectivity index (χ3n) is 2.38. The molecule has 0 fully saturated rings. The van der Waals surface area contributed by atoms with E-state index in [2.05, 4.69) is 9.97 Å². The van der Waals surface area contributed by atoms with Crippen LogP contribution in [-0.2, 0) is 0 Å². The Morgan fingerprint density at radius 2 is 1.94 bits per heavy atom. The van der Waals surface area contributed by atoms with Crippen LogP contribution in [0.5, 0.6) is 0 Å². The molecule has 2 aromatic heterocycles. The zero-order valence-electron chi connectivity index (χ0n) is 8.52. The third-order valence-corrected chi connectivity index (χ3v) is 4.19. The molecule has 3 aromatic rings. The molecule has 1 aromatic carbocycles. The van der Waals surface area contributed by atoms with Crippen LogP contribution in [0.1, 0.15) is 0 Å². The summed E-state index contributed by atoms with van der Waals surface area (Å²) in [6.07, 6.45) is 1.47. The predicted molar refractivity (Wildman–Crippen MR) is 72.9 cm³/mol. The first-order valence-electron chi connectivity index (χ1n) is 4.90. The molecule has 0 amide bonds. The van der Waals surface area contributed by atoms with Gasteiger partial charge in [0.25, 0.3) is 0 Å². The first-order valence-corrected chi connectivity index (χ1v) is 6.47. The monoisotopic (exact) mass is 280 g/mol. The minimum atomic E-state index is 0.494. The van der Waals surface area contributed by atoms with Crippen LogP contribution in [0.25, 0.3) is 20.7 Å². The van der Waals surface area contributed by atoms with E-state index in [9.17, 15) is 0 Å². The van der Waals surface area contributed by atoms with Crippen molar-refractivity contribution in [2.24, 2.45) is 0 Å². The zero-order valence-corrected chi connectivity index (χ0v) is 10.9. The van der Waals surface area contributed by atoms with Crippen molar-refractivity contribution in [2.75, 3.05) is 0 Å². The van der Waals surface area contributed by atoms with Gasteiger partial charge in [-0.1, -0.05) is 35.3 Å². The van der Waals surface area contributed by atoms with Crippen LogP contribution in [0.4, 0.5) is 0 Å². The molecule has 17 heavy (non-hydrogen) atoms. The molecule has 0 radical (unpaired) electrons. The Kier molecular flexibility index (Phi) is 2.74. The van der Waals surface area contributed by atoms with Crippen molar-refractivity contribution in [3.8, 4) is 10.4 Å². The van der Waals surface area contributed by atoms with Crippen molar-refractivity contribution in [3.05, 3.63) is 46.8 Å². The van der Waals surface area contributed by atoms with Crippen molar-refractivity contribution in [1.29, 1.82) is 0 Å². The number of nitrogens with zero attached hydrogens (tertiary/aromatic N) is 2.